The molecule has 0 aliphatic rings. The lowest BCUT2D eigenvalue weighted by atomic mass is 10.1. The number of carbonyl (C=O) groups is 1. The van der Waals surface area contributed by atoms with Gasteiger partial charge in [-0.3, -0.25) is 4.79 Å². The molecular formula is C18H15N5O. The predicted octanol–water partition coefficient (Wildman–Crippen LogP) is 3.10. The average Bonchev–Trinajstić information content (AvgIpc) is 2.60. The number of nitrogens with zero attached hydrogens (tertiary/aromatic N) is 3. The Labute approximate surface area is 139 Å². The molecule has 0 atom stereocenters. The van der Waals surface area contributed by atoms with E-state index in [2.05, 4.69) is 20.8 Å². The molecule has 0 bridgehead atoms. The van der Waals surface area contributed by atoms with Crippen LogP contribution in [0.1, 0.15) is 21.6 Å². The summed E-state index contributed by atoms with van der Waals surface area (Å²) in [5, 5.41) is 24.2. The van der Waals surface area contributed by atoms with Gasteiger partial charge >= 0.3 is 0 Å². The molecule has 1 amide bonds. The van der Waals surface area contributed by atoms with Gasteiger partial charge in [0.1, 0.15) is 6.07 Å². The van der Waals surface area contributed by atoms with Crippen LogP contribution in [0, 0.1) is 18.3 Å². The molecule has 24 heavy (non-hydrogen) atoms. The Morgan fingerprint density at radius 3 is 2.67 bits per heavy atom. The molecular weight excluding hydrogens is 302 g/mol. The molecule has 0 unspecified atom stereocenters. The number of hydrogen-bond donors (Lipinski definition) is 2. The number of fused-ring (bicyclic) bond motifs is 1. The van der Waals surface area contributed by atoms with E-state index in [1.807, 2.05) is 37.3 Å². The first-order valence-electron chi connectivity index (χ1n) is 7.38. The average molecular weight is 317 g/mol. The van der Waals surface area contributed by atoms with Crippen LogP contribution >= 0.6 is 0 Å². The van der Waals surface area contributed by atoms with Crippen LogP contribution in [0.2, 0.25) is 0 Å². The molecule has 0 saturated heterocycles. The van der Waals surface area contributed by atoms with Crippen molar-refractivity contribution in [1.29, 1.82) is 5.26 Å². The first-order valence-corrected chi connectivity index (χ1v) is 7.38. The van der Waals surface area contributed by atoms with Crippen LogP contribution in [0.5, 0.6) is 0 Å². The van der Waals surface area contributed by atoms with Gasteiger partial charge in [0.2, 0.25) is 0 Å². The highest BCUT2D eigenvalue weighted by Gasteiger charge is 2.12. The molecule has 118 valence electrons. The summed E-state index contributed by atoms with van der Waals surface area (Å²) in [6.45, 7) is 1.96. The molecule has 3 aromatic rings. The van der Waals surface area contributed by atoms with Gasteiger partial charge in [-0.15, -0.1) is 10.2 Å². The molecule has 6 heteroatoms. The molecule has 0 fully saturated rings. The summed E-state index contributed by atoms with van der Waals surface area (Å²) in [7, 11) is 1.73. The van der Waals surface area contributed by atoms with E-state index in [-0.39, 0.29) is 11.6 Å². The van der Waals surface area contributed by atoms with Gasteiger partial charge in [0.05, 0.1) is 0 Å². The molecule has 2 aromatic carbocycles. The molecule has 6 nitrogen and oxygen atoms in total. The van der Waals surface area contributed by atoms with E-state index in [0.29, 0.717) is 16.8 Å². The first-order chi connectivity index (χ1) is 11.6. The number of nitrogens with one attached hydrogen (secondary N) is 2. The smallest absolute Gasteiger partial charge is 0.255 e. The molecule has 2 N–H and O–H groups in total. The zero-order chi connectivity index (χ0) is 17.1. The molecule has 0 saturated carbocycles. The Morgan fingerprint density at radius 2 is 1.96 bits per heavy atom. The van der Waals surface area contributed by atoms with Crippen molar-refractivity contribution < 1.29 is 4.79 Å². The van der Waals surface area contributed by atoms with Gasteiger partial charge in [-0.05, 0) is 42.8 Å². The minimum Gasteiger partial charge on any atom is -0.371 e. The van der Waals surface area contributed by atoms with Crippen molar-refractivity contribution in [2.24, 2.45) is 0 Å². The second-order valence-corrected chi connectivity index (χ2v) is 5.34. The number of benzene rings is 2. The van der Waals surface area contributed by atoms with E-state index < -0.39 is 0 Å². The molecule has 0 spiro atoms. The lowest BCUT2D eigenvalue weighted by Crippen LogP contribution is -2.12. The maximum absolute atomic E-state index is 12.5. The summed E-state index contributed by atoms with van der Waals surface area (Å²) in [4.78, 5) is 12.5. The summed E-state index contributed by atoms with van der Waals surface area (Å²) in [5.41, 5.74) is 2.43. The van der Waals surface area contributed by atoms with Gasteiger partial charge in [-0.1, -0.05) is 12.1 Å². The highest BCUT2D eigenvalue weighted by Crippen LogP contribution is 2.24. The van der Waals surface area contributed by atoms with E-state index in [0.717, 1.165) is 16.6 Å². The number of aromatic nitrogens is 2. The molecule has 0 radical (unpaired) electrons. The molecule has 1 heterocycles. The second kappa shape index (κ2) is 6.34. The Kier molecular flexibility index (Phi) is 4.08. The number of rotatable bonds is 3. The van der Waals surface area contributed by atoms with Crippen LogP contribution < -0.4 is 10.6 Å². The summed E-state index contributed by atoms with van der Waals surface area (Å²) >= 11 is 0. The van der Waals surface area contributed by atoms with Crippen molar-refractivity contribution >= 4 is 28.2 Å². The van der Waals surface area contributed by atoms with Crippen molar-refractivity contribution in [3.05, 3.63) is 59.3 Å². The van der Waals surface area contributed by atoms with Crippen LogP contribution in [-0.4, -0.2) is 23.2 Å². The van der Waals surface area contributed by atoms with Gasteiger partial charge in [0.15, 0.2) is 11.5 Å². The van der Waals surface area contributed by atoms with Crippen LogP contribution in [-0.2, 0) is 0 Å². The van der Waals surface area contributed by atoms with E-state index in [4.69, 9.17) is 0 Å². The van der Waals surface area contributed by atoms with Crippen molar-refractivity contribution in [3.8, 4) is 6.07 Å². The number of nitriles is 1. The zero-order valence-electron chi connectivity index (χ0n) is 13.3. The van der Waals surface area contributed by atoms with Gasteiger partial charge in [-0.2, -0.15) is 5.26 Å². The topological polar surface area (TPSA) is 90.7 Å². The lowest BCUT2D eigenvalue weighted by molar-refractivity contribution is 0.102. The van der Waals surface area contributed by atoms with Crippen molar-refractivity contribution in [2.75, 3.05) is 17.7 Å². The van der Waals surface area contributed by atoms with Crippen LogP contribution in [0.4, 0.5) is 11.5 Å². The summed E-state index contributed by atoms with van der Waals surface area (Å²) < 4.78 is 0. The Morgan fingerprint density at radius 1 is 1.12 bits per heavy atom. The van der Waals surface area contributed by atoms with Gasteiger partial charge in [-0.25, -0.2) is 0 Å². The normalized spacial score (nSPS) is 10.2. The maximum Gasteiger partial charge on any atom is 0.255 e. The number of aryl methyl sites for hydroxylation is 1. The predicted molar refractivity (Wildman–Crippen MR) is 92.9 cm³/mol. The fourth-order valence-electron chi connectivity index (χ4n) is 2.49. The molecule has 0 aliphatic carbocycles. The van der Waals surface area contributed by atoms with E-state index in [1.54, 1.807) is 25.2 Å². The van der Waals surface area contributed by atoms with Gasteiger partial charge < -0.3 is 10.6 Å². The standard InChI is InChI=1S/C18H15N5O/c1-11-4-3-5-13(8-11)21-18(24)12-6-7-14-15(9-12)16(10-19)22-23-17(14)20-2/h3-9H,1-2H3,(H,20,23)(H,21,24). The Bertz CT molecular complexity index is 975. The third kappa shape index (κ3) is 2.88. The van der Waals surface area contributed by atoms with Crippen molar-refractivity contribution in [2.45, 2.75) is 6.92 Å². The molecule has 1 aromatic heterocycles. The maximum atomic E-state index is 12.5. The third-order valence-corrected chi connectivity index (χ3v) is 3.66. The van der Waals surface area contributed by atoms with Crippen LogP contribution in [0.15, 0.2) is 42.5 Å². The van der Waals surface area contributed by atoms with Crippen molar-refractivity contribution in [3.63, 3.8) is 0 Å². The molecule has 0 aliphatic heterocycles. The third-order valence-electron chi connectivity index (χ3n) is 3.66. The monoisotopic (exact) mass is 317 g/mol. The quantitative estimate of drug-likeness (QED) is 0.774. The zero-order valence-corrected chi connectivity index (χ0v) is 13.3. The Hall–Kier alpha value is -3.46. The highest BCUT2D eigenvalue weighted by molar-refractivity contribution is 6.07. The number of carbonyl (C=O) groups excluding carboxylic acids is 1. The van der Waals surface area contributed by atoms with E-state index >= 15 is 0 Å². The minimum atomic E-state index is -0.241. The van der Waals surface area contributed by atoms with E-state index in [1.165, 1.54) is 0 Å². The van der Waals surface area contributed by atoms with Gasteiger partial charge in [0.25, 0.3) is 5.91 Å². The number of amides is 1. The lowest BCUT2D eigenvalue weighted by Gasteiger charge is -2.09. The summed E-state index contributed by atoms with van der Waals surface area (Å²) in [6, 6.07) is 14.7. The minimum absolute atomic E-state index is 0.189. The largest absolute Gasteiger partial charge is 0.371 e. The SMILES string of the molecule is CNc1nnc(C#N)c2cc(C(=O)Nc3cccc(C)c3)ccc12. The van der Waals surface area contributed by atoms with Crippen molar-refractivity contribution in [1.82, 2.24) is 10.2 Å². The highest BCUT2D eigenvalue weighted by atomic mass is 16.1. The number of anilines is 2. The van der Waals surface area contributed by atoms with Gasteiger partial charge in [0, 0.05) is 29.1 Å². The molecule has 3 rings (SSSR count). The fourth-order valence-corrected chi connectivity index (χ4v) is 2.49. The van der Waals surface area contributed by atoms with Crippen LogP contribution in [0.3, 0.4) is 0 Å². The Balaban J connectivity index is 2.01. The van der Waals surface area contributed by atoms with E-state index in [9.17, 15) is 10.1 Å². The van der Waals surface area contributed by atoms with Crippen LogP contribution in [0.25, 0.3) is 10.8 Å². The number of hydrogen-bond acceptors (Lipinski definition) is 5. The first kappa shape index (κ1) is 15.4. The summed E-state index contributed by atoms with van der Waals surface area (Å²) in [6.07, 6.45) is 0. The fraction of sp³-hybridized carbons (Fsp3) is 0.111. The second-order valence-electron chi connectivity index (χ2n) is 5.34. The summed E-state index contributed by atoms with van der Waals surface area (Å²) in [5.74, 6) is 0.323.